The quantitative estimate of drug-likeness (QED) is 0.857. The fourth-order valence-electron chi connectivity index (χ4n) is 2.34. The van der Waals surface area contributed by atoms with E-state index < -0.39 is 6.04 Å². The van der Waals surface area contributed by atoms with Crippen LogP contribution >= 0.6 is 0 Å². The number of rotatable bonds is 5. The molecule has 5 heteroatoms. The molecule has 108 valence electrons. The average molecular weight is 276 g/mol. The SMILES string of the molecule is CC[C@@H](NC(=O)[C@@H]1CCC(=O)N1)c1ccc(OC)cc1. The largest absolute Gasteiger partial charge is 0.497 e. The van der Waals surface area contributed by atoms with Crippen LogP contribution in [-0.2, 0) is 9.59 Å². The normalized spacial score (nSPS) is 19.3. The van der Waals surface area contributed by atoms with Gasteiger partial charge in [-0.1, -0.05) is 19.1 Å². The number of carbonyl (C=O) groups is 2. The number of ether oxygens (including phenoxy) is 1. The third kappa shape index (κ3) is 3.29. The van der Waals surface area contributed by atoms with E-state index in [1.54, 1.807) is 7.11 Å². The van der Waals surface area contributed by atoms with Crippen LogP contribution in [0.5, 0.6) is 5.75 Å². The number of hydrogen-bond acceptors (Lipinski definition) is 3. The molecular formula is C15H20N2O3. The lowest BCUT2D eigenvalue weighted by atomic mass is 10.0. The van der Waals surface area contributed by atoms with Crippen LogP contribution in [0.25, 0.3) is 0 Å². The summed E-state index contributed by atoms with van der Waals surface area (Å²) in [6.07, 6.45) is 1.79. The molecule has 5 nitrogen and oxygen atoms in total. The number of benzene rings is 1. The highest BCUT2D eigenvalue weighted by molar-refractivity contribution is 5.90. The summed E-state index contributed by atoms with van der Waals surface area (Å²) in [6.45, 7) is 2.02. The van der Waals surface area contributed by atoms with Crippen LogP contribution in [0, 0.1) is 0 Å². The molecule has 0 bridgehead atoms. The molecule has 1 aliphatic heterocycles. The molecule has 1 fully saturated rings. The lowest BCUT2D eigenvalue weighted by molar-refractivity contribution is -0.126. The van der Waals surface area contributed by atoms with Crippen molar-refractivity contribution < 1.29 is 14.3 Å². The second kappa shape index (κ2) is 6.41. The Hall–Kier alpha value is -2.04. The van der Waals surface area contributed by atoms with Gasteiger partial charge in [0.05, 0.1) is 13.2 Å². The van der Waals surface area contributed by atoms with E-state index in [1.807, 2.05) is 31.2 Å². The van der Waals surface area contributed by atoms with E-state index in [4.69, 9.17) is 4.74 Å². The molecule has 2 amide bonds. The van der Waals surface area contributed by atoms with Crippen molar-refractivity contribution in [2.75, 3.05) is 7.11 Å². The molecule has 2 atom stereocenters. The van der Waals surface area contributed by atoms with Gasteiger partial charge < -0.3 is 15.4 Å². The van der Waals surface area contributed by atoms with Crippen molar-refractivity contribution in [2.24, 2.45) is 0 Å². The van der Waals surface area contributed by atoms with Crippen LogP contribution in [0.1, 0.15) is 37.8 Å². The van der Waals surface area contributed by atoms with E-state index in [0.29, 0.717) is 12.8 Å². The summed E-state index contributed by atoms with van der Waals surface area (Å²) in [6, 6.07) is 7.20. The molecule has 0 saturated carbocycles. The van der Waals surface area contributed by atoms with E-state index in [0.717, 1.165) is 17.7 Å². The van der Waals surface area contributed by atoms with Crippen molar-refractivity contribution >= 4 is 11.8 Å². The molecule has 0 radical (unpaired) electrons. The first kappa shape index (κ1) is 14.4. The second-order valence-electron chi connectivity index (χ2n) is 4.90. The molecule has 0 aliphatic carbocycles. The molecule has 1 aliphatic rings. The Morgan fingerprint density at radius 3 is 2.65 bits per heavy atom. The van der Waals surface area contributed by atoms with Crippen LogP contribution < -0.4 is 15.4 Å². The van der Waals surface area contributed by atoms with Gasteiger partial charge in [0.25, 0.3) is 0 Å². The Labute approximate surface area is 118 Å². The first-order chi connectivity index (χ1) is 9.63. The second-order valence-corrected chi connectivity index (χ2v) is 4.90. The summed E-state index contributed by atoms with van der Waals surface area (Å²) in [7, 11) is 1.62. The third-order valence-electron chi connectivity index (χ3n) is 3.55. The zero-order chi connectivity index (χ0) is 14.5. The highest BCUT2D eigenvalue weighted by atomic mass is 16.5. The highest BCUT2D eigenvalue weighted by Crippen LogP contribution is 2.20. The standard InChI is InChI=1S/C15H20N2O3/c1-3-12(10-4-6-11(20-2)7-5-10)17-15(19)13-8-9-14(18)16-13/h4-7,12-13H,3,8-9H2,1-2H3,(H,16,18)(H,17,19)/t12-,13+/m1/s1. The predicted molar refractivity (Wildman–Crippen MR) is 75.3 cm³/mol. The smallest absolute Gasteiger partial charge is 0.243 e. The van der Waals surface area contributed by atoms with Gasteiger partial charge in [0.1, 0.15) is 11.8 Å². The molecule has 0 spiro atoms. The van der Waals surface area contributed by atoms with Gasteiger partial charge in [-0.2, -0.15) is 0 Å². The summed E-state index contributed by atoms with van der Waals surface area (Å²) in [5.74, 6) is 0.624. The number of amides is 2. The Morgan fingerprint density at radius 2 is 2.15 bits per heavy atom. The van der Waals surface area contributed by atoms with Crippen LogP contribution in [0.2, 0.25) is 0 Å². The summed E-state index contributed by atoms with van der Waals surface area (Å²) in [5.41, 5.74) is 1.03. The maximum Gasteiger partial charge on any atom is 0.243 e. The van der Waals surface area contributed by atoms with Crippen molar-refractivity contribution in [1.29, 1.82) is 0 Å². The van der Waals surface area contributed by atoms with Gasteiger partial charge in [-0.3, -0.25) is 9.59 Å². The monoisotopic (exact) mass is 276 g/mol. The molecule has 0 unspecified atom stereocenters. The zero-order valence-electron chi connectivity index (χ0n) is 11.8. The molecule has 0 aromatic heterocycles. The lowest BCUT2D eigenvalue weighted by Crippen LogP contribution is -2.42. The molecule has 1 heterocycles. The summed E-state index contributed by atoms with van der Waals surface area (Å²) in [4.78, 5) is 23.3. The van der Waals surface area contributed by atoms with Gasteiger partial charge in [0, 0.05) is 6.42 Å². The predicted octanol–water partition coefficient (Wildman–Crippen LogP) is 1.54. The summed E-state index contributed by atoms with van der Waals surface area (Å²) in [5, 5.41) is 5.67. The van der Waals surface area contributed by atoms with Gasteiger partial charge in [-0.05, 0) is 30.5 Å². The Balaban J connectivity index is 2.00. The zero-order valence-corrected chi connectivity index (χ0v) is 11.8. The van der Waals surface area contributed by atoms with Gasteiger partial charge in [-0.15, -0.1) is 0 Å². The number of nitrogens with one attached hydrogen (secondary N) is 2. The fraction of sp³-hybridized carbons (Fsp3) is 0.467. The van der Waals surface area contributed by atoms with Gasteiger partial charge in [0.2, 0.25) is 11.8 Å². The maximum absolute atomic E-state index is 12.1. The van der Waals surface area contributed by atoms with Crippen molar-refractivity contribution in [2.45, 2.75) is 38.3 Å². The first-order valence-electron chi connectivity index (χ1n) is 6.87. The number of hydrogen-bond donors (Lipinski definition) is 2. The molecular weight excluding hydrogens is 256 g/mol. The summed E-state index contributed by atoms with van der Waals surface area (Å²) < 4.78 is 5.12. The Morgan fingerprint density at radius 1 is 1.45 bits per heavy atom. The minimum absolute atomic E-state index is 0.0501. The molecule has 2 rings (SSSR count). The van der Waals surface area contributed by atoms with Crippen LogP contribution in [0.4, 0.5) is 0 Å². The first-order valence-corrected chi connectivity index (χ1v) is 6.87. The van der Waals surface area contributed by atoms with Crippen LogP contribution in [-0.4, -0.2) is 25.0 Å². The molecule has 1 aromatic carbocycles. The van der Waals surface area contributed by atoms with Gasteiger partial charge >= 0.3 is 0 Å². The maximum atomic E-state index is 12.1. The topological polar surface area (TPSA) is 67.4 Å². The van der Waals surface area contributed by atoms with Gasteiger partial charge in [0.15, 0.2) is 0 Å². The molecule has 1 aromatic rings. The Bertz CT molecular complexity index is 484. The lowest BCUT2D eigenvalue weighted by Gasteiger charge is -2.20. The van der Waals surface area contributed by atoms with Crippen molar-refractivity contribution in [3.8, 4) is 5.75 Å². The molecule has 1 saturated heterocycles. The molecule has 20 heavy (non-hydrogen) atoms. The van der Waals surface area contributed by atoms with Gasteiger partial charge in [-0.25, -0.2) is 0 Å². The number of carbonyl (C=O) groups excluding carboxylic acids is 2. The van der Waals surface area contributed by atoms with Crippen molar-refractivity contribution in [3.63, 3.8) is 0 Å². The van der Waals surface area contributed by atoms with E-state index in [2.05, 4.69) is 10.6 Å². The third-order valence-corrected chi connectivity index (χ3v) is 3.55. The van der Waals surface area contributed by atoms with E-state index in [-0.39, 0.29) is 17.9 Å². The molecule has 2 N–H and O–H groups in total. The van der Waals surface area contributed by atoms with Crippen LogP contribution in [0.15, 0.2) is 24.3 Å². The fourth-order valence-corrected chi connectivity index (χ4v) is 2.34. The number of methoxy groups -OCH3 is 1. The van der Waals surface area contributed by atoms with Crippen molar-refractivity contribution in [1.82, 2.24) is 10.6 Å². The van der Waals surface area contributed by atoms with E-state index in [1.165, 1.54) is 0 Å². The van der Waals surface area contributed by atoms with E-state index in [9.17, 15) is 9.59 Å². The van der Waals surface area contributed by atoms with Crippen molar-refractivity contribution in [3.05, 3.63) is 29.8 Å². The van der Waals surface area contributed by atoms with E-state index >= 15 is 0 Å². The summed E-state index contributed by atoms with van der Waals surface area (Å²) >= 11 is 0. The van der Waals surface area contributed by atoms with Crippen LogP contribution in [0.3, 0.4) is 0 Å². The highest BCUT2D eigenvalue weighted by Gasteiger charge is 2.28. The minimum atomic E-state index is -0.394. The average Bonchev–Trinajstić information content (AvgIpc) is 2.91. The minimum Gasteiger partial charge on any atom is -0.497 e. The Kier molecular flexibility index (Phi) is 4.61.